The van der Waals surface area contributed by atoms with E-state index >= 15 is 0 Å². The first-order chi connectivity index (χ1) is 12.8. The minimum atomic E-state index is -4.63. The maximum absolute atomic E-state index is 12.5. The van der Waals surface area contributed by atoms with Crippen molar-refractivity contribution in [3.8, 4) is 5.75 Å². The number of piperidine rings is 1. The number of amides is 1. The average molecular weight is 384 g/mol. The summed E-state index contributed by atoms with van der Waals surface area (Å²) in [6, 6.07) is 7.00. The highest BCUT2D eigenvalue weighted by Gasteiger charge is 2.39. The van der Waals surface area contributed by atoms with Gasteiger partial charge in [0.1, 0.15) is 5.75 Å². The predicted octanol–water partition coefficient (Wildman–Crippen LogP) is 2.92. The first-order valence-electron chi connectivity index (χ1n) is 8.42. The van der Waals surface area contributed by atoms with Crippen molar-refractivity contribution in [3.05, 3.63) is 36.0 Å². The molecule has 1 amide bonds. The van der Waals surface area contributed by atoms with Gasteiger partial charge in [-0.05, 0) is 50.2 Å². The normalized spacial score (nSPS) is 16.3. The molecule has 2 heterocycles. The number of aromatic nitrogens is 2. The number of ether oxygens (including phenoxy) is 1. The van der Waals surface area contributed by atoms with Crippen molar-refractivity contribution >= 4 is 11.6 Å². The van der Waals surface area contributed by atoms with Crippen molar-refractivity contribution in [1.29, 1.82) is 0 Å². The largest absolute Gasteiger partial charge is 0.497 e. The van der Waals surface area contributed by atoms with Crippen LogP contribution in [0.1, 0.15) is 30.5 Å². The lowest BCUT2D eigenvalue weighted by Gasteiger charge is -2.29. The van der Waals surface area contributed by atoms with Gasteiger partial charge in [0.25, 0.3) is 0 Å². The Kier molecular flexibility index (Phi) is 5.64. The number of anilines is 1. The third-order valence-corrected chi connectivity index (χ3v) is 4.36. The average Bonchev–Trinajstić information content (AvgIpc) is 3.13. The van der Waals surface area contributed by atoms with Crippen LogP contribution in [0.3, 0.4) is 0 Å². The van der Waals surface area contributed by atoms with E-state index in [0.29, 0.717) is 37.4 Å². The lowest BCUT2D eigenvalue weighted by atomic mass is 9.97. The van der Waals surface area contributed by atoms with E-state index in [2.05, 4.69) is 15.5 Å². The van der Waals surface area contributed by atoms with Gasteiger partial charge in [-0.3, -0.25) is 9.69 Å². The van der Waals surface area contributed by atoms with E-state index in [-0.39, 0.29) is 24.3 Å². The molecule has 146 valence electrons. The lowest BCUT2D eigenvalue weighted by Crippen LogP contribution is -2.38. The zero-order valence-corrected chi connectivity index (χ0v) is 14.6. The van der Waals surface area contributed by atoms with E-state index in [0.717, 1.165) is 0 Å². The van der Waals surface area contributed by atoms with E-state index in [1.54, 1.807) is 31.4 Å². The van der Waals surface area contributed by atoms with Gasteiger partial charge in [-0.15, -0.1) is 10.2 Å². The first-order valence-corrected chi connectivity index (χ1v) is 8.42. The van der Waals surface area contributed by atoms with Crippen LogP contribution in [-0.2, 0) is 11.0 Å². The van der Waals surface area contributed by atoms with Crippen LogP contribution in [0.15, 0.2) is 28.7 Å². The molecule has 27 heavy (non-hydrogen) atoms. The number of benzene rings is 1. The minimum absolute atomic E-state index is 0.00431. The number of alkyl halides is 3. The fourth-order valence-corrected chi connectivity index (χ4v) is 2.93. The van der Waals surface area contributed by atoms with Crippen LogP contribution in [0, 0.1) is 0 Å². The van der Waals surface area contributed by atoms with E-state index < -0.39 is 12.1 Å². The quantitative estimate of drug-likeness (QED) is 0.854. The van der Waals surface area contributed by atoms with Gasteiger partial charge in [-0.25, -0.2) is 0 Å². The summed E-state index contributed by atoms with van der Waals surface area (Å²) in [5.41, 5.74) is 0.668. The van der Waals surface area contributed by atoms with Gasteiger partial charge in [0.15, 0.2) is 0 Å². The third-order valence-electron chi connectivity index (χ3n) is 4.36. The van der Waals surface area contributed by atoms with E-state index in [9.17, 15) is 18.0 Å². The van der Waals surface area contributed by atoms with Crippen molar-refractivity contribution in [1.82, 2.24) is 15.1 Å². The van der Waals surface area contributed by atoms with Gasteiger partial charge in [0.2, 0.25) is 11.8 Å². The summed E-state index contributed by atoms with van der Waals surface area (Å²) in [6.07, 6.45) is -3.53. The predicted molar refractivity (Wildman–Crippen MR) is 89.3 cm³/mol. The SMILES string of the molecule is COc1ccc(NC(=O)CN2CCC(c3nnc(C(F)(F)F)o3)CC2)cc1. The lowest BCUT2D eigenvalue weighted by molar-refractivity contribution is -0.157. The number of rotatable bonds is 5. The second-order valence-corrected chi connectivity index (χ2v) is 6.27. The smallest absolute Gasteiger partial charge is 0.470 e. The molecule has 1 aliphatic heterocycles. The second-order valence-electron chi connectivity index (χ2n) is 6.27. The number of nitrogens with zero attached hydrogens (tertiary/aromatic N) is 3. The summed E-state index contributed by atoms with van der Waals surface area (Å²) < 4.78 is 47.4. The fourth-order valence-electron chi connectivity index (χ4n) is 2.93. The van der Waals surface area contributed by atoms with Gasteiger partial charge < -0.3 is 14.5 Å². The molecule has 0 saturated carbocycles. The second kappa shape index (κ2) is 7.95. The van der Waals surface area contributed by atoms with Crippen molar-refractivity contribution in [2.45, 2.75) is 24.9 Å². The Hall–Kier alpha value is -2.62. The summed E-state index contributed by atoms with van der Waals surface area (Å²) in [5, 5.41) is 9.38. The molecule has 1 aromatic heterocycles. The zero-order chi connectivity index (χ0) is 19.4. The molecule has 0 aliphatic carbocycles. The molecule has 1 aliphatic rings. The van der Waals surface area contributed by atoms with Gasteiger partial charge in [0.05, 0.1) is 13.7 Å². The Morgan fingerprint density at radius 1 is 1.26 bits per heavy atom. The number of nitrogens with one attached hydrogen (secondary N) is 1. The van der Waals surface area contributed by atoms with Gasteiger partial charge in [-0.1, -0.05) is 0 Å². The Morgan fingerprint density at radius 2 is 1.93 bits per heavy atom. The molecule has 1 saturated heterocycles. The molecule has 0 unspecified atom stereocenters. The van der Waals surface area contributed by atoms with Crippen molar-refractivity contribution in [3.63, 3.8) is 0 Å². The Balaban J connectivity index is 1.47. The Bertz CT molecular complexity index is 768. The summed E-state index contributed by atoms with van der Waals surface area (Å²) in [7, 11) is 1.56. The molecule has 0 radical (unpaired) electrons. The van der Waals surface area contributed by atoms with Crippen LogP contribution in [0.5, 0.6) is 5.75 Å². The molecule has 10 heteroatoms. The summed E-state index contributed by atoms with van der Waals surface area (Å²) in [5.74, 6) is -1.00. The highest BCUT2D eigenvalue weighted by atomic mass is 19.4. The van der Waals surface area contributed by atoms with E-state index in [1.807, 2.05) is 4.90 Å². The summed E-state index contributed by atoms with van der Waals surface area (Å²) in [4.78, 5) is 14.1. The Morgan fingerprint density at radius 3 is 2.48 bits per heavy atom. The highest BCUT2D eigenvalue weighted by Crippen LogP contribution is 2.32. The number of methoxy groups -OCH3 is 1. The molecule has 7 nitrogen and oxygen atoms in total. The standard InChI is InChI=1S/C17H19F3N4O3/c1-26-13-4-2-12(3-5-13)21-14(25)10-24-8-6-11(7-9-24)15-22-23-16(27-15)17(18,19)20/h2-5,11H,6-10H2,1H3,(H,21,25). The Labute approximate surface area is 153 Å². The molecule has 1 fully saturated rings. The number of carbonyl (C=O) groups is 1. The van der Waals surface area contributed by atoms with Crippen LogP contribution >= 0.6 is 0 Å². The van der Waals surface area contributed by atoms with Crippen molar-refractivity contribution < 1.29 is 27.1 Å². The summed E-state index contributed by atoms with van der Waals surface area (Å²) in [6.45, 7) is 1.32. The van der Waals surface area contributed by atoms with Gasteiger partial charge in [-0.2, -0.15) is 13.2 Å². The van der Waals surface area contributed by atoms with Crippen molar-refractivity contribution in [2.75, 3.05) is 32.1 Å². The summed E-state index contributed by atoms with van der Waals surface area (Å²) >= 11 is 0. The number of hydrogen-bond acceptors (Lipinski definition) is 6. The molecule has 0 atom stereocenters. The molecule has 1 N–H and O–H groups in total. The number of halogens is 3. The van der Waals surface area contributed by atoms with Crippen LogP contribution < -0.4 is 10.1 Å². The highest BCUT2D eigenvalue weighted by molar-refractivity contribution is 5.92. The molecule has 2 aromatic rings. The monoisotopic (exact) mass is 384 g/mol. The number of hydrogen-bond donors (Lipinski definition) is 1. The van der Waals surface area contributed by atoms with Crippen molar-refractivity contribution in [2.24, 2.45) is 0 Å². The molecular weight excluding hydrogens is 365 g/mol. The van der Waals surface area contributed by atoms with E-state index in [1.165, 1.54) is 0 Å². The third kappa shape index (κ3) is 4.97. The van der Waals surface area contributed by atoms with Gasteiger partial charge in [0, 0.05) is 11.6 Å². The van der Waals surface area contributed by atoms with Crippen LogP contribution in [0.2, 0.25) is 0 Å². The van der Waals surface area contributed by atoms with E-state index in [4.69, 9.17) is 9.15 Å². The number of carbonyl (C=O) groups excluding carboxylic acids is 1. The van der Waals surface area contributed by atoms with Gasteiger partial charge >= 0.3 is 12.1 Å². The molecule has 0 spiro atoms. The van der Waals surface area contributed by atoms with Crippen LogP contribution in [0.25, 0.3) is 0 Å². The fraction of sp³-hybridized carbons (Fsp3) is 0.471. The zero-order valence-electron chi connectivity index (χ0n) is 14.6. The molecular formula is C17H19F3N4O3. The van der Waals surface area contributed by atoms with Crippen LogP contribution in [0.4, 0.5) is 18.9 Å². The molecule has 1 aromatic carbocycles. The molecule has 3 rings (SSSR count). The maximum Gasteiger partial charge on any atom is 0.470 e. The maximum atomic E-state index is 12.5. The minimum Gasteiger partial charge on any atom is -0.497 e. The van der Waals surface area contributed by atoms with Crippen LogP contribution in [-0.4, -0.2) is 47.7 Å². The number of likely N-dealkylation sites (tertiary alicyclic amines) is 1. The topological polar surface area (TPSA) is 80.5 Å². The molecule has 0 bridgehead atoms. The first kappa shape index (κ1) is 19.2.